The summed E-state index contributed by atoms with van der Waals surface area (Å²) < 4.78 is 24.0. The van der Waals surface area contributed by atoms with Gasteiger partial charge in [0.15, 0.2) is 0 Å². The van der Waals surface area contributed by atoms with Gasteiger partial charge in [-0.3, -0.25) is 9.59 Å². The molecule has 0 bridgehead atoms. The molecule has 4 aliphatic carbocycles. The van der Waals surface area contributed by atoms with E-state index in [1.54, 1.807) is 6.26 Å². The summed E-state index contributed by atoms with van der Waals surface area (Å²) in [5, 5.41) is 0. The molecule has 1 aromatic rings. The van der Waals surface area contributed by atoms with Gasteiger partial charge in [0, 0.05) is 30.7 Å². The number of carbonyl (C=O) groups excluding carboxylic acids is 2. The number of fused-ring (bicyclic) bond motifs is 3. The summed E-state index contributed by atoms with van der Waals surface area (Å²) >= 11 is 0. The van der Waals surface area contributed by atoms with Crippen molar-refractivity contribution >= 4 is 11.9 Å². The molecule has 38 heavy (non-hydrogen) atoms. The molecule has 0 amide bonds. The summed E-state index contributed by atoms with van der Waals surface area (Å²) in [7, 11) is 0. The van der Waals surface area contributed by atoms with Crippen LogP contribution in [-0.2, 0) is 23.8 Å². The fourth-order valence-corrected chi connectivity index (χ4v) is 9.76. The van der Waals surface area contributed by atoms with Gasteiger partial charge < -0.3 is 18.6 Å². The van der Waals surface area contributed by atoms with E-state index in [0.29, 0.717) is 24.2 Å². The molecule has 6 rings (SSSR count). The largest absolute Gasteiger partial charge is 0.463 e. The van der Waals surface area contributed by atoms with Crippen LogP contribution in [0.1, 0.15) is 103 Å². The number of hydrogen-bond acceptors (Lipinski definition) is 7. The average molecular weight is 527 g/mol. The molecule has 1 spiro atoms. The molecule has 0 radical (unpaired) electrons. The fraction of sp³-hybridized carbons (Fsp3) is 0.774. The van der Waals surface area contributed by atoms with Crippen molar-refractivity contribution in [2.45, 2.75) is 122 Å². The van der Waals surface area contributed by atoms with Crippen molar-refractivity contribution in [1.29, 1.82) is 0 Å². The van der Waals surface area contributed by atoms with E-state index < -0.39 is 0 Å². The van der Waals surface area contributed by atoms with E-state index in [2.05, 4.69) is 20.8 Å². The molecule has 7 nitrogen and oxygen atoms in total. The Morgan fingerprint density at radius 3 is 2.58 bits per heavy atom. The first-order valence-electron chi connectivity index (χ1n) is 14.8. The van der Waals surface area contributed by atoms with Gasteiger partial charge >= 0.3 is 17.6 Å². The van der Waals surface area contributed by atoms with Crippen LogP contribution < -0.4 is 5.63 Å². The van der Waals surface area contributed by atoms with Crippen LogP contribution in [0.2, 0.25) is 0 Å². The van der Waals surface area contributed by atoms with Gasteiger partial charge in [0.25, 0.3) is 0 Å². The minimum atomic E-state index is -0.374. The van der Waals surface area contributed by atoms with Crippen molar-refractivity contribution in [3.63, 3.8) is 0 Å². The van der Waals surface area contributed by atoms with Gasteiger partial charge in [0.05, 0.1) is 6.26 Å². The van der Waals surface area contributed by atoms with E-state index in [-0.39, 0.29) is 58.2 Å². The first-order valence-corrected chi connectivity index (χ1v) is 14.8. The number of ether oxygens (including phenoxy) is 3. The predicted molar refractivity (Wildman–Crippen MR) is 139 cm³/mol. The third-order valence-corrected chi connectivity index (χ3v) is 11.5. The number of hydrogen-bond donors (Lipinski definition) is 0. The van der Waals surface area contributed by atoms with Crippen LogP contribution in [0.25, 0.3) is 0 Å². The number of rotatable bonds is 6. The normalized spacial score (nSPS) is 44.7. The minimum absolute atomic E-state index is 0.0366. The zero-order valence-electron chi connectivity index (χ0n) is 23.2. The Bertz CT molecular complexity index is 1140. The zero-order chi connectivity index (χ0) is 26.9. The topological polar surface area (TPSA) is 95.3 Å². The fourth-order valence-electron chi connectivity index (χ4n) is 9.76. The van der Waals surface area contributed by atoms with Crippen LogP contribution in [0, 0.1) is 28.6 Å². The average Bonchev–Trinajstić information content (AvgIpc) is 3.58. The smallest absolute Gasteiger partial charge is 0.335 e. The van der Waals surface area contributed by atoms with Crippen molar-refractivity contribution in [3.05, 3.63) is 34.4 Å². The van der Waals surface area contributed by atoms with E-state index in [9.17, 15) is 14.4 Å². The van der Waals surface area contributed by atoms with Gasteiger partial charge in [-0.15, -0.1) is 0 Å². The molecule has 1 aromatic heterocycles. The predicted octanol–water partition coefficient (Wildman–Crippen LogP) is 5.54. The molecule has 0 unspecified atom stereocenters. The van der Waals surface area contributed by atoms with Gasteiger partial charge in [-0.05, 0) is 86.2 Å². The Hall–Kier alpha value is -2.15. The number of esters is 2. The maximum atomic E-state index is 12.9. The number of epoxide rings is 1. The second-order valence-corrected chi connectivity index (χ2v) is 13.2. The van der Waals surface area contributed by atoms with Crippen molar-refractivity contribution in [1.82, 2.24) is 0 Å². The van der Waals surface area contributed by atoms with E-state index in [1.807, 2.05) is 6.07 Å². The minimum Gasteiger partial charge on any atom is -0.463 e. The van der Waals surface area contributed by atoms with Crippen molar-refractivity contribution in [2.24, 2.45) is 28.6 Å². The maximum Gasteiger partial charge on any atom is 0.335 e. The zero-order valence-corrected chi connectivity index (χ0v) is 23.2. The van der Waals surface area contributed by atoms with Gasteiger partial charge in [0.1, 0.15) is 23.9 Å². The van der Waals surface area contributed by atoms with E-state index >= 15 is 0 Å². The molecule has 7 heteroatoms. The molecule has 0 N–H and O–H groups in total. The summed E-state index contributed by atoms with van der Waals surface area (Å²) in [6.07, 6.45) is 10.5. The quantitative estimate of drug-likeness (QED) is 0.355. The third kappa shape index (κ3) is 3.74. The van der Waals surface area contributed by atoms with Gasteiger partial charge in [-0.2, -0.15) is 0 Å². The van der Waals surface area contributed by atoms with Crippen LogP contribution in [-0.4, -0.2) is 35.9 Å². The molecule has 0 aromatic carbocycles. The Morgan fingerprint density at radius 2 is 1.87 bits per heavy atom. The maximum absolute atomic E-state index is 12.9. The summed E-state index contributed by atoms with van der Waals surface area (Å²) in [6, 6.07) is 3.33. The van der Waals surface area contributed by atoms with Gasteiger partial charge in [-0.25, -0.2) is 4.79 Å². The summed E-state index contributed by atoms with van der Waals surface area (Å²) in [5.41, 5.74) is 0.205. The Kier molecular flexibility index (Phi) is 6.32. The van der Waals surface area contributed by atoms with Crippen LogP contribution >= 0.6 is 0 Å². The lowest BCUT2D eigenvalue weighted by atomic mass is 9.44. The Morgan fingerprint density at radius 1 is 1.05 bits per heavy atom. The summed E-state index contributed by atoms with van der Waals surface area (Å²) in [4.78, 5) is 36.3. The third-order valence-electron chi connectivity index (χ3n) is 11.5. The van der Waals surface area contributed by atoms with Crippen LogP contribution in [0.15, 0.2) is 27.6 Å². The van der Waals surface area contributed by atoms with Crippen LogP contribution in [0.5, 0.6) is 0 Å². The first kappa shape index (κ1) is 26.1. The molecule has 5 aliphatic rings. The highest BCUT2D eigenvalue weighted by atomic mass is 16.7. The van der Waals surface area contributed by atoms with E-state index in [1.165, 1.54) is 13.0 Å². The molecule has 4 saturated carbocycles. The monoisotopic (exact) mass is 526 g/mol. The molecular formula is C31H42O7. The van der Waals surface area contributed by atoms with Gasteiger partial charge in [0.2, 0.25) is 0 Å². The lowest BCUT2D eigenvalue weighted by Gasteiger charge is -2.61. The van der Waals surface area contributed by atoms with Crippen LogP contribution in [0.3, 0.4) is 0 Å². The highest BCUT2D eigenvalue weighted by Gasteiger charge is 2.84. The lowest BCUT2D eigenvalue weighted by Crippen LogP contribution is -2.58. The van der Waals surface area contributed by atoms with Crippen LogP contribution in [0.4, 0.5) is 0 Å². The van der Waals surface area contributed by atoms with Crippen molar-refractivity contribution < 1.29 is 28.2 Å². The number of unbranched alkanes of at least 4 members (excludes halogenated alkanes) is 1. The highest BCUT2D eigenvalue weighted by Crippen LogP contribution is 2.78. The first-order chi connectivity index (χ1) is 18.1. The van der Waals surface area contributed by atoms with Crippen molar-refractivity contribution in [2.75, 3.05) is 0 Å². The molecule has 1 saturated heterocycles. The molecular weight excluding hydrogens is 484 g/mol. The summed E-state index contributed by atoms with van der Waals surface area (Å²) in [6.45, 7) is 8.37. The molecule has 5 fully saturated rings. The second kappa shape index (κ2) is 9.21. The lowest BCUT2D eigenvalue weighted by molar-refractivity contribution is -0.167. The number of carbonyl (C=O) groups is 2. The SMILES string of the molecule is CCCCC(=O)O[C@H]1[C@H]2O[C@]23[C@@H]2CC[C@@H]4C[C@@H](OC(C)=O)CC[C@]4(C)[C@H]2CC[C@]3(C)[C@H]1c1ccc(=O)oc1. The molecule has 2 heterocycles. The Labute approximate surface area is 225 Å². The molecule has 10 atom stereocenters. The highest BCUT2D eigenvalue weighted by molar-refractivity contribution is 5.70. The summed E-state index contributed by atoms with van der Waals surface area (Å²) in [5.74, 6) is 1.06. The van der Waals surface area contributed by atoms with Crippen molar-refractivity contribution in [3.8, 4) is 0 Å². The van der Waals surface area contributed by atoms with E-state index in [4.69, 9.17) is 18.6 Å². The standard InChI is InChI=1S/C31H42O7/c1-5-6-7-25(34)37-27-26(19-8-11-24(33)35-17-19)30(4)15-13-22-23(31(30)28(27)38-31)10-9-20-16-21(36-18(2)32)12-14-29(20,22)3/h8,11,17,20-23,26-28H,5-7,9-10,12-16H2,1-4H3/t20-,21+,22+,23-,26+,27-,28-,29+,30-,31-/m1/s1. The van der Waals surface area contributed by atoms with Gasteiger partial charge in [-0.1, -0.05) is 27.2 Å². The molecule has 208 valence electrons. The Balaban J connectivity index is 1.32. The second-order valence-electron chi connectivity index (χ2n) is 13.2. The van der Waals surface area contributed by atoms with E-state index in [0.717, 1.165) is 63.4 Å². The molecule has 1 aliphatic heterocycles.